The lowest BCUT2D eigenvalue weighted by atomic mass is 10.1. The van der Waals surface area contributed by atoms with E-state index in [1.165, 1.54) is 5.56 Å². The number of carbonyl (C=O) groups is 1. The van der Waals surface area contributed by atoms with Crippen LogP contribution in [0.5, 0.6) is 0 Å². The smallest absolute Gasteiger partial charge is 0.228 e. The molecule has 0 aliphatic heterocycles. The second-order valence-corrected chi connectivity index (χ2v) is 8.38. The van der Waals surface area contributed by atoms with E-state index in [4.69, 9.17) is 11.6 Å². The van der Waals surface area contributed by atoms with Crippen LogP contribution in [0.25, 0.3) is 5.69 Å². The molecule has 1 N–H and O–H groups in total. The highest BCUT2D eigenvalue weighted by Crippen LogP contribution is 2.23. The fraction of sp³-hybridized carbons (Fsp3) is 0.333. The Morgan fingerprint density at radius 3 is 2.43 bits per heavy atom. The largest absolute Gasteiger partial charge is 0.326 e. The first-order valence-corrected chi connectivity index (χ1v) is 10.5. The first-order chi connectivity index (χ1) is 14.2. The van der Waals surface area contributed by atoms with Crippen LogP contribution in [-0.4, -0.2) is 41.2 Å². The lowest BCUT2D eigenvalue weighted by molar-refractivity contribution is -0.115. The first kappa shape index (κ1) is 22.1. The van der Waals surface area contributed by atoms with Gasteiger partial charge in [0.05, 0.1) is 17.8 Å². The molecular weight excluding hydrogens is 396 g/mol. The predicted octanol–water partition coefficient (Wildman–Crippen LogP) is 4.74. The summed E-state index contributed by atoms with van der Waals surface area (Å²) in [7, 11) is 4.13. The average Bonchev–Trinajstić information content (AvgIpc) is 2.97. The highest BCUT2D eigenvalue weighted by atomic mass is 35.5. The van der Waals surface area contributed by atoms with Crippen LogP contribution in [-0.2, 0) is 17.6 Å². The number of anilines is 1. The van der Waals surface area contributed by atoms with Crippen molar-refractivity contribution in [3.8, 4) is 5.69 Å². The number of benzene rings is 2. The number of likely N-dealkylation sites (N-methyl/N-ethyl adjacent to an activating group) is 1. The van der Waals surface area contributed by atoms with E-state index < -0.39 is 0 Å². The molecule has 0 fully saturated rings. The Bertz CT molecular complexity index is 1040. The van der Waals surface area contributed by atoms with Gasteiger partial charge in [-0.15, -0.1) is 0 Å². The van der Waals surface area contributed by atoms with Crippen LogP contribution in [0, 0.1) is 20.8 Å². The van der Waals surface area contributed by atoms with Crippen LogP contribution < -0.4 is 5.32 Å². The van der Waals surface area contributed by atoms with Crippen molar-refractivity contribution in [3.05, 3.63) is 75.6 Å². The molecule has 0 saturated heterocycles. The molecule has 1 amide bonds. The topological polar surface area (TPSA) is 50.2 Å². The third kappa shape index (κ3) is 5.29. The summed E-state index contributed by atoms with van der Waals surface area (Å²) >= 11 is 6.28. The second kappa shape index (κ2) is 9.45. The molecule has 0 spiro atoms. The van der Waals surface area contributed by atoms with Gasteiger partial charge in [0.25, 0.3) is 0 Å². The van der Waals surface area contributed by atoms with E-state index in [-0.39, 0.29) is 12.3 Å². The van der Waals surface area contributed by atoms with Crippen molar-refractivity contribution in [1.82, 2.24) is 14.7 Å². The SMILES string of the molecule is Cc1ccc(-n2nc(C)c(CC(=O)Nc3ccc(CCN(C)C)cc3)c2C)cc1Cl. The summed E-state index contributed by atoms with van der Waals surface area (Å²) in [6, 6.07) is 13.9. The summed E-state index contributed by atoms with van der Waals surface area (Å²) in [5, 5.41) is 8.33. The average molecular weight is 425 g/mol. The number of nitrogens with zero attached hydrogens (tertiary/aromatic N) is 3. The van der Waals surface area contributed by atoms with E-state index in [2.05, 4.69) is 41.5 Å². The van der Waals surface area contributed by atoms with E-state index in [1.54, 1.807) is 0 Å². The van der Waals surface area contributed by atoms with Gasteiger partial charge < -0.3 is 10.2 Å². The number of aromatic nitrogens is 2. The maximum Gasteiger partial charge on any atom is 0.228 e. The normalized spacial score (nSPS) is 11.2. The van der Waals surface area contributed by atoms with Crippen LogP contribution in [0.15, 0.2) is 42.5 Å². The quantitative estimate of drug-likeness (QED) is 0.596. The molecule has 0 aliphatic rings. The molecule has 1 aromatic heterocycles. The van der Waals surface area contributed by atoms with Crippen molar-refractivity contribution >= 4 is 23.2 Å². The number of hydrogen-bond acceptors (Lipinski definition) is 3. The standard InChI is InChI=1S/C24H29ClN4O/c1-16-6-11-21(14-23(16)25)29-18(3)22(17(2)27-29)15-24(30)26-20-9-7-19(8-10-20)12-13-28(4)5/h6-11,14H,12-13,15H2,1-5H3,(H,26,30). The predicted molar refractivity (Wildman–Crippen MR) is 124 cm³/mol. The van der Waals surface area contributed by atoms with E-state index in [1.807, 2.05) is 55.8 Å². The van der Waals surface area contributed by atoms with Crippen molar-refractivity contribution in [2.75, 3.05) is 26.0 Å². The molecule has 6 heteroatoms. The molecule has 3 rings (SSSR count). The zero-order valence-electron chi connectivity index (χ0n) is 18.3. The molecule has 3 aromatic rings. The Morgan fingerprint density at radius 2 is 1.80 bits per heavy atom. The van der Waals surface area contributed by atoms with Crippen LogP contribution in [0.1, 0.15) is 28.1 Å². The summed E-state index contributed by atoms with van der Waals surface area (Å²) in [4.78, 5) is 14.8. The molecule has 0 aliphatic carbocycles. The monoisotopic (exact) mass is 424 g/mol. The van der Waals surface area contributed by atoms with Gasteiger partial charge in [0.15, 0.2) is 0 Å². The molecule has 30 heavy (non-hydrogen) atoms. The fourth-order valence-corrected chi connectivity index (χ4v) is 3.54. The van der Waals surface area contributed by atoms with E-state index >= 15 is 0 Å². The zero-order chi connectivity index (χ0) is 21.8. The summed E-state index contributed by atoms with van der Waals surface area (Å²) in [5.74, 6) is -0.0521. The minimum Gasteiger partial charge on any atom is -0.326 e. The van der Waals surface area contributed by atoms with Gasteiger partial charge in [0.1, 0.15) is 0 Å². The van der Waals surface area contributed by atoms with Crippen molar-refractivity contribution in [2.45, 2.75) is 33.6 Å². The highest BCUT2D eigenvalue weighted by Gasteiger charge is 2.16. The van der Waals surface area contributed by atoms with Gasteiger partial charge in [-0.1, -0.05) is 29.8 Å². The minimum atomic E-state index is -0.0521. The zero-order valence-corrected chi connectivity index (χ0v) is 19.0. The maximum absolute atomic E-state index is 12.7. The number of amides is 1. The number of rotatable bonds is 7. The van der Waals surface area contributed by atoms with E-state index in [0.29, 0.717) is 5.02 Å². The molecule has 0 radical (unpaired) electrons. The summed E-state index contributed by atoms with van der Waals surface area (Å²) in [5.41, 5.74) is 6.71. The Balaban J connectivity index is 1.69. The van der Waals surface area contributed by atoms with Crippen molar-refractivity contribution in [2.24, 2.45) is 0 Å². The minimum absolute atomic E-state index is 0.0521. The van der Waals surface area contributed by atoms with Gasteiger partial charge in [0, 0.05) is 28.5 Å². The van der Waals surface area contributed by atoms with Crippen LogP contribution >= 0.6 is 11.6 Å². The number of hydrogen-bond donors (Lipinski definition) is 1. The Hall–Kier alpha value is -2.63. The molecule has 2 aromatic carbocycles. The molecule has 0 unspecified atom stereocenters. The lowest BCUT2D eigenvalue weighted by Gasteiger charge is -2.10. The summed E-state index contributed by atoms with van der Waals surface area (Å²) in [6.07, 6.45) is 1.27. The summed E-state index contributed by atoms with van der Waals surface area (Å²) < 4.78 is 1.85. The summed E-state index contributed by atoms with van der Waals surface area (Å²) in [6.45, 7) is 6.88. The Labute approximate surface area is 183 Å². The molecule has 0 saturated carbocycles. The van der Waals surface area contributed by atoms with Gasteiger partial charge in [-0.2, -0.15) is 5.10 Å². The molecule has 1 heterocycles. The third-order valence-electron chi connectivity index (χ3n) is 5.26. The molecular formula is C24H29ClN4O. The first-order valence-electron chi connectivity index (χ1n) is 10.1. The van der Waals surface area contributed by atoms with E-state index in [0.717, 1.165) is 46.9 Å². The van der Waals surface area contributed by atoms with Gasteiger partial charge in [-0.3, -0.25) is 4.79 Å². The number of nitrogens with one attached hydrogen (secondary N) is 1. The molecule has 5 nitrogen and oxygen atoms in total. The number of halogens is 1. The Morgan fingerprint density at radius 1 is 1.10 bits per heavy atom. The third-order valence-corrected chi connectivity index (χ3v) is 5.67. The second-order valence-electron chi connectivity index (χ2n) is 7.97. The maximum atomic E-state index is 12.7. The lowest BCUT2D eigenvalue weighted by Crippen LogP contribution is -2.16. The van der Waals surface area contributed by atoms with Crippen molar-refractivity contribution < 1.29 is 4.79 Å². The molecule has 158 valence electrons. The van der Waals surface area contributed by atoms with Crippen LogP contribution in [0.2, 0.25) is 5.02 Å². The van der Waals surface area contributed by atoms with Gasteiger partial charge in [0.2, 0.25) is 5.91 Å². The van der Waals surface area contributed by atoms with Gasteiger partial charge >= 0.3 is 0 Å². The van der Waals surface area contributed by atoms with E-state index in [9.17, 15) is 4.79 Å². The molecule has 0 bridgehead atoms. The Kier molecular flexibility index (Phi) is 6.95. The number of carbonyl (C=O) groups excluding carboxylic acids is 1. The number of aryl methyl sites for hydroxylation is 2. The van der Waals surface area contributed by atoms with Crippen molar-refractivity contribution in [1.29, 1.82) is 0 Å². The van der Waals surface area contributed by atoms with Crippen molar-refractivity contribution in [3.63, 3.8) is 0 Å². The van der Waals surface area contributed by atoms with Crippen LogP contribution in [0.3, 0.4) is 0 Å². The highest BCUT2D eigenvalue weighted by molar-refractivity contribution is 6.31. The van der Waals surface area contributed by atoms with Crippen LogP contribution in [0.4, 0.5) is 5.69 Å². The molecule has 0 atom stereocenters. The van der Waals surface area contributed by atoms with Gasteiger partial charge in [-0.05, 0) is 76.7 Å². The fourth-order valence-electron chi connectivity index (χ4n) is 3.37. The van der Waals surface area contributed by atoms with Gasteiger partial charge in [-0.25, -0.2) is 4.68 Å².